The largest absolute Gasteiger partial charge is 0.409 e. The second-order valence-corrected chi connectivity index (χ2v) is 10.6. The molecule has 0 fully saturated rings. The van der Waals surface area contributed by atoms with E-state index in [0.717, 1.165) is 5.56 Å². The summed E-state index contributed by atoms with van der Waals surface area (Å²) in [6.07, 6.45) is 3.57. The normalized spacial score (nSPS) is 14.7. The second kappa shape index (κ2) is 5.29. The number of nitrogens with two attached hydrogens (primary N) is 1. The van der Waals surface area contributed by atoms with Crippen LogP contribution in [0.1, 0.15) is 32.4 Å². The van der Waals surface area contributed by atoms with Crippen LogP contribution in [0.5, 0.6) is 0 Å². The first-order chi connectivity index (χ1) is 7.78. The van der Waals surface area contributed by atoms with Gasteiger partial charge in [-0.2, -0.15) is 0 Å². The van der Waals surface area contributed by atoms with Crippen molar-refractivity contribution in [3.05, 3.63) is 30.1 Å². The van der Waals surface area contributed by atoms with Crippen LogP contribution in [-0.2, 0) is 4.43 Å². The number of hydrogen-bond acceptors (Lipinski definition) is 3. The number of nitrogens with zero attached hydrogens (tertiary/aromatic N) is 1. The Balaban J connectivity index is 2.85. The van der Waals surface area contributed by atoms with E-state index in [9.17, 15) is 0 Å². The van der Waals surface area contributed by atoms with Gasteiger partial charge in [-0.25, -0.2) is 0 Å². The smallest absolute Gasteiger partial charge is 0.192 e. The minimum atomic E-state index is -1.78. The van der Waals surface area contributed by atoms with Gasteiger partial charge in [0, 0.05) is 18.9 Å². The van der Waals surface area contributed by atoms with E-state index < -0.39 is 8.32 Å². The number of hydrogen-bond donors (Lipinski definition) is 1. The molecule has 1 atom stereocenters. The van der Waals surface area contributed by atoms with Crippen molar-refractivity contribution in [3.8, 4) is 0 Å². The van der Waals surface area contributed by atoms with E-state index in [0.29, 0.717) is 6.54 Å². The minimum Gasteiger partial charge on any atom is -0.409 e. The summed E-state index contributed by atoms with van der Waals surface area (Å²) in [5, 5.41) is 0.197. The lowest BCUT2D eigenvalue weighted by Gasteiger charge is -2.39. The van der Waals surface area contributed by atoms with Gasteiger partial charge in [0.1, 0.15) is 0 Å². The van der Waals surface area contributed by atoms with Crippen LogP contribution in [0.4, 0.5) is 0 Å². The van der Waals surface area contributed by atoms with Crippen LogP contribution < -0.4 is 5.73 Å². The minimum absolute atomic E-state index is 0.0374. The van der Waals surface area contributed by atoms with E-state index in [1.807, 2.05) is 18.3 Å². The molecule has 0 amide bonds. The zero-order valence-corrected chi connectivity index (χ0v) is 12.5. The number of pyridine rings is 1. The fraction of sp³-hybridized carbons (Fsp3) is 0.615. The third-order valence-corrected chi connectivity index (χ3v) is 8.00. The van der Waals surface area contributed by atoms with E-state index in [1.165, 1.54) is 0 Å². The van der Waals surface area contributed by atoms with Gasteiger partial charge in [0.05, 0.1) is 6.10 Å². The Hall–Kier alpha value is -0.713. The first-order valence-corrected chi connectivity index (χ1v) is 8.96. The summed E-state index contributed by atoms with van der Waals surface area (Å²) >= 11 is 0. The Kier molecular flexibility index (Phi) is 4.46. The quantitative estimate of drug-likeness (QED) is 0.838. The molecule has 1 heterocycles. The highest BCUT2D eigenvalue weighted by Crippen LogP contribution is 2.39. The molecule has 96 valence electrons. The molecule has 1 aromatic rings. The summed E-state index contributed by atoms with van der Waals surface area (Å²) in [5.41, 5.74) is 6.89. The van der Waals surface area contributed by atoms with E-state index >= 15 is 0 Å². The molecular weight excluding hydrogens is 228 g/mol. The summed E-state index contributed by atoms with van der Waals surface area (Å²) < 4.78 is 6.31. The van der Waals surface area contributed by atoms with Crippen LogP contribution in [0.3, 0.4) is 0 Å². The van der Waals surface area contributed by atoms with Crippen molar-refractivity contribution in [2.45, 2.75) is 45.0 Å². The zero-order chi connectivity index (χ0) is 13.1. The lowest BCUT2D eigenvalue weighted by Crippen LogP contribution is -2.43. The monoisotopic (exact) mass is 252 g/mol. The highest BCUT2D eigenvalue weighted by atomic mass is 28.4. The SMILES string of the molecule is CC(C)(C)[Si](C)(C)OC(CN)c1cccnc1. The molecule has 0 spiro atoms. The molecule has 3 nitrogen and oxygen atoms in total. The van der Waals surface area contributed by atoms with Crippen molar-refractivity contribution in [2.75, 3.05) is 6.54 Å². The fourth-order valence-electron chi connectivity index (χ4n) is 1.35. The van der Waals surface area contributed by atoms with Crippen LogP contribution >= 0.6 is 0 Å². The van der Waals surface area contributed by atoms with Crippen LogP contribution in [-0.4, -0.2) is 19.8 Å². The Morgan fingerprint density at radius 1 is 1.41 bits per heavy atom. The van der Waals surface area contributed by atoms with Gasteiger partial charge in [-0.05, 0) is 29.8 Å². The molecule has 0 bridgehead atoms. The molecule has 0 aliphatic carbocycles. The van der Waals surface area contributed by atoms with Crippen LogP contribution in [0.2, 0.25) is 18.1 Å². The predicted octanol–water partition coefficient (Wildman–Crippen LogP) is 3.10. The molecule has 0 aliphatic heterocycles. The van der Waals surface area contributed by atoms with Crippen LogP contribution in [0.15, 0.2) is 24.5 Å². The first kappa shape index (κ1) is 14.3. The molecular formula is C13H24N2OSi. The maximum absolute atomic E-state index is 6.31. The summed E-state index contributed by atoms with van der Waals surface area (Å²) in [6, 6.07) is 3.95. The average Bonchev–Trinajstić information content (AvgIpc) is 2.25. The third-order valence-electron chi connectivity index (χ3n) is 3.51. The fourth-order valence-corrected chi connectivity index (χ4v) is 2.65. The Labute approximate surface area is 106 Å². The van der Waals surface area contributed by atoms with Crippen molar-refractivity contribution in [2.24, 2.45) is 5.73 Å². The van der Waals surface area contributed by atoms with E-state index in [-0.39, 0.29) is 11.1 Å². The average molecular weight is 252 g/mol. The molecule has 1 unspecified atom stereocenters. The van der Waals surface area contributed by atoms with Gasteiger partial charge in [-0.3, -0.25) is 4.98 Å². The van der Waals surface area contributed by atoms with Crippen molar-refractivity contribution < 1.29 is 4.43 Å². The van der Waals surface area contributed by atoms with Gasteiger partial charge in [0.15, 0.2) is 8.32 Å². The van der Waals surface area contributed by atoms with Gasteiger partial charge in [-0.15, -0.1) is 0 Å². The topological polar surface area (TPSA) is 48.1 Å². The summed E-state index contributed by atoms with van der Waals surface area (Å²) in [7, 11) is -1.78. The van der Waals surface area contributed by atoms with E-state index in [1.54, 1.807) is 6.20 Å². The van der Waals surface area contributed by atoms with Gasteiger partial charge in [-0.1, -0.05) is 26.8 Å². The maximum Gasteiger partial charge on any atom is 0.192 e. The molecule has 0 aromatic carbocycles. The van der Waals surface area contributed by atoms with Gasteiger partial charge >= 0.3 is 0 Å². The summed E-state index contributed by atoms with van der Waals surface area (Å²) in [6.45, 7) is 11.7. The van der Waals surface area contributed by atoms with Crippen LogP contribution in [0.25, 0.3) is 0 Å². The van der Waals surface area contributed by atoms with Crippen molar-refractivity contribution in [1.29, 1.82) is 0 Å². The van der Waals surface area contributed by atoms with E-state index in [4.69, 9.17) is 10.2 Å². The second-order valence-electron chi connectivity index (χ2n) is 5.89. The standard InChI is InChI=1S/C13H24N2OSi/c1-13(2,3)17(4,5)16-12(9-14)11-7-6-8-15-10-11/h6-8,10,12H,9,14H2,1-5H3. The van der Waals surface area contributed by atoms with E-state index in [2.05, 4.69) is 38.8 Å². The Morgan fingerprint density at radius 3 is 2.47 bits per heavy atom. The van der Waals surface area contributed by atoms with Gasteiger partial charge in [0.25, 0.3) is 0 Å². The molecule has 17 heavy (non-hydrogen) atoms. The van der Waals surface area contributed by atoms with Gasteiger partial charge in [0.2, 0.25) is 0 Å². The predicted molar refractivity (Wildman–Crippen MR) is 74.3 cm³/mol. The highest BCUT2D eigenvalue weighted by molar-refractivity contribution is 6.74. The Bertz CT molecular complexity index is 346. The Morgan fingerprint density at radius 2 is 2.06 bits per heavy atom. The van der Waals surface area contributed by atoms with Gasteiger partial charge < -0.3 is 10.2 Å². The third kappa shape index (κ3) is 3.62. The molecule has 0 saturated carbocycles. The molecule has 0 saturated heterocycles. The number of aromatic nitrogens is 1. The lowest BCUT2D eigenvalue weighted by atomic mass is 10.2. The summed E-state index contributed by atoms with van der Waals surface area (Å²) in [4.78, 5) is 4.13. The van der Waals surface area contributed by atoms with Crippen molar-refractivity contribution in [1.82, 2.24) is 4.98 Å². The van der Waals surface area contributed by atoms with Crippen LogP contribution in [0, 0.1) is 0 Å². The maximum atomic E-state index is 6.31. The lowest BCUT2D eigenvalue weighted by molar-refractivity contribution is 0.191. The molecule has 0 aliphatic rings. The molecule has 0 radical (unpaired) electrons. The van der Waals surface area contributed by atoms with Crippen molar-refractivity contribution in [3.63, 3.8) is 0 Å². The zero-order valence-electron chi connectivity index (χ0n) is 11.5. The molecule has 1 rings (SSSR count). The molecule has 4 heteroatoms. The summed E-state index contributed by atoms with van der Waals surface area (Å²) in [5.74, 6) is 0. The molecule has 1 aromatic heterocycles. The van der Waals surface area contributed by atoms with Crippen molar-refractivity contribution >= 4 is 8.32 Å². The number of rotatable bonds is 4. The molecule has 2 N–H and O–H groups in total. The first-order valence-electron chi connectivity index (χ1n) is 6.06. The highest BCUT2D eigenvalue weighted by Gasteiger charge is 2.39.